The molecular formula is C13H16N2. The molecule has 2 nitrogen and oxygen atoms in total. The van der Waals surface area contributed by atoms with Crippen molar-refractivity contribution in [2.45, 2.75) is 26.2 Å². The van der Waals surface area contributed by atoms with Crippen LogP contribution in [0.4, 0.5) is 0 Å². The fraction of sp³-hybridized carbons (Fsp3) is 0.308. The molecule has 2 heteroatoms. The topological polar surface area (TPSA) is 28.7 Å². The molecule has 0 atom stereocenters. The summed E-state index contributed by atoms with van der Waals surface area (Å²) in [5.41, 5.74) is 2.65. The molecule has 0 fully saturated rings. The third-order valence-electron chi connectivity index (χ3n) is 2.51. The Hall–Kier alpha value is -1.57. The van der Waals surface area contributed by atoms with Gasteiger partial charge in [-0.2, -0.15) is 0 Å². The predicted molar refractivity (Wildman–Crippen MR) is 61.8 cm³/mol. The van der Waals surface area contributed by atoms with Crippen molar-refractivity contribution < 1.29 is 0 Å². The highest BCUT2D eigenvalue weighted by Gasteiger charge is 1.97. The first kappa shape index (κ1) is 9.97. The highest BCUT2D eigenvalue weighted by atomic mass is 14.9. The number of imidazole rings is 1. The average molecular weight is 200 g/mol. The average Bonchev–Trinajstić information content (AvgIpc) is 2.66. The highest BCUT2D eigenvalue weighted by Crippen LogP contribution is 2.06. The molecule has 1 heterocycles. The Bertz CT molecular complexity index is 403. The van der Waals surface area contributed by atoms with Gasteiger partial charge in [0, 0.05) is 11.9 Å². The van der Waals surface area contributed by atoms with Crippen LogP contribution in [0, 0.1) is 6.92 Å². The lowest BCUT2D eigenvalue weighted by Gasteiger charge is -1.99. The Kier molecular flexibility index (Phi) is 3.18. The van der Waals surface area contributed by atoms with E-state index in [1.165, 1.54) is 17.7 Å². The predicted octanol–water partition coefficient (Wildman–Crippen LogP) is 2.89. The Balaban J connectivity index is 1.80. The molecule has 0 aliphatic heterocycles. The van der Waals surface area contributed by atoms with E-state index in [9.17, 15) is 0 Å². The third kappa shape index (κ3) is 2.94. The first-order chi connectivity index (χ1) is 7.34. The number of aromatic nitrogens is 2. The van der Waals surface area contributed by atoms with Crippen LogP contribution >= 0.6 is 0 Å². The molecule has 2 aromatic rings. The van der Waals surface area contributed by atoms with Gasteiger partial charge in [-0.25, -0.2) is 4.98 Å². The minimum absolute atomic E-state index is 1.00. The summed E-state index contributed by atoms with van der Waals surface area (Å²) >= 11 is 0. The Morgan fingerprint density at radius 2 is 1.93 bits per heavy atom. The summed E-state index contributed by atoms with van der Waals surface area (Å²) in [5.74, 6) is 1.00. The molecule has 0 bridgehead atoms. The van der Waals surface area contributed by atoms with E-state index in [0.29, 0.717) is 0 Å². The van der Waals surface area contributed by atoms with Crippen molar-refractivity contribution in [3.8, 4) is 0 Å². The van der Waals surface area contributed by atoms with E-state index in [4.69, 9.17) is 0 Å². The molecular weight excluding hydrogens is 184 g/mol. The normalized spacial score (nSPS) is 10.5. The molecule has 0 radical (unpaired) electrons. The summed E-state index contributed by atoms with van der Waals surface area (Å²) < 4.78 is 0. The van der Waals surface area contributed by atoms with Crippen LogP contribution in [0.1, 0.15) is 23.5 Å². The minimum Gasteiger partial charge on any atom is -0.346 e. The quantitative estimate of drug-likeness (QED) is 0.807. The molecule has 0 unspecified atom stereocenters. The molecule has 1 aromatic carbocycles. The van der Waals surface area contributed by atoms with Gasteiger partial charge in [-0.1, -0.05) is 30.3 Å². The fourth-order valence-electron chi connectivity index (χ4n) is 1.73. The number of rotatable bonds is 4. The molecule has 0 amide bonds. The van der Waals surface area contributed by atoms with Crippen LogP contribution < -0.4 is 0 Å². The van der Waals surface area contributed by atoms with Crippen LogP contribution in [0.3, 0.4) is 0 Å². The number of nitrogens with one attached hydrogen (secondary N) is 1. The summed E-state index contributed by atoms with van der Waals surface area (Å²) in [7, 11) is 0. The van der Waals surface area contributed by atoms with Gasteiger partial charge in [-0.15, -0.1) is 0 Å². The number of aromatic amines is 1. The summed E-state index contributed by atoms with van der Waals surface area (Å²) in [6, 6.07) is 10.6. The van der Waals surface area contributed by atoms with Crippen molar-refractivity contribution in [2.75, 3.05) is 0 Å². The second-order valence-corrected chi connectivity index (χ2v) is 3.83. The first-order valence-corrected chi connectivity index (χ1v) is 5.39. The van der Waals surface area contributed by atoms with Gasteiger partial charge in [-0.05, 0) is 31.7 Å². The molecule has 1 N–H and O–H groups in total. The largest absolute Gasteiger partial charge is 0.346 e. The molecule has 0 aliphatic rings. The van der Waals surface area contributed by atoms with Crippen molar-refractivity contribution in [1.82, 2.24) is 9.97 Å². The zero-order valence-corrected chi connectivity index (χ0v) is 9.03. The van der Waals surface area contributed by atoms with E-state index in [-0.39, 0.29) is 0 Å². The van der Waals surface area contributed by atoms with Gasteiger partial charge in [0.25, 0.3) is 0 Å². The summed E-state index contributed by atoms with van der Waals surface area (Å²) in [5, 5.41) is 0. The maximum absolute atomic E-state index is 4.19. The molecule has 0 saturated carbocycles. The number of H-pyrrole nitrogens is 1. The van der Waals surface area contributed by atoms with E-state index in [0.717, 1.165) is 18.7 Å². The first-order valence-electron chi connectivity index (χ1n) is 5.39. The highest BCUT2D eigenvalue weighted by molar-refractivity contribution is 5.14. The van der Waals surface area contributed by atoms with Crippen molar-refractivity contribution >= 4 is 0 Å². The standard InChI is InChI=1S/C13H16N2/c1-11-14-10-13(15-11)9-5-8-12-6-3-2-4-7-12/h2-4,6-7,10H,5,8-9H2,1H3,(H,14,15). The zero-order chi connectivity index (χ0) is 10.5. The molecule has 0 saturated heterocycles. The number of aryl methyl sites for hydroxylation is 3. The summed E-state index contributed by atoms with van der Waals surface area (Å²) in [6.45, 7) is 1.99. The second kappa shape index (κ2) is 4.78. The van der Waals surface area contributed by atoms with Crippen molar-refractivity contribution in [2.24, 2.45) is 0 Å². The monoisotopic (exact) mass is 200 g/mol. The van der Waals surface area contributed by atoms with E-state index in [1.807, 2.05) is 13.1 Å². The SMILES string of the molecule is Cc1ncc(CCCc2ccccc2)[nH]1. The fourth-order valence-corrected chi connectivity index (χ4v) is 1.73. The van der Waals surface area contributed by atoms with E-state index in [1.54, 1.807) is 0 Å². The Morgan fingerprint density at radius 1 is 1.13 bits per heavy atom. The van der Waals surface area contributed by atoms with E-state index in [2.05, 4.69) is 40.3 Å². The van der Waals surface area contributed by atoms with E-state index >= 15 is 0 Å². The second-order valence-electron chi connectivity index (χ2n) is 3.83. The summed E-state index contributed by atoms with van der Waals surface area (Å²) in [4.78, 5) is 7.44. The van der Waals surface area contributed by atoms with Crippen LogP contribution in [0.5, 0.6) is 0 Å². The van der Waals surface area contributed by atoms with Gasteiger partial charge in [0.1, 0.15) is 5.82 Å². The maximum atomic E-state index is 4.19. The van der Waals surface area contributed by atoms with Crippen molar-refractivity contribution in [3.63, 3.8) is 0 Å². The lowest BCUT2D eigenvalue weighted by atomic mass is 10.1. The Labute approximate surface area is 90.4 Å². The van der Waals surface area contributed by atoms with Crippen molar-refractivity contribution in [3.05, 3.63) is 53.6 Å². The van der Waals surface area contributed by atoms with Gasteiger partial charge >= 0.3 is 0 Å². The van der Waals surface area contributed by atoms with Crippen molar-refractivity contribution in [1.29, 1.82) is 0 Å². The molecule has 78 valence electrons. The Morgan fingerprint density at radius 3 is 2.60 bits per heavy atom. The van der Waals surface area contributed by atoms with Crippen LogP contribution in [0.2, 0.25) is 0 Å². The van der Waals surface area contributed by atoms with Gasteiger partial charge in [0.05, 0.1) is 0 Å². The van der Waals surface area contributed by atoms with Gasteiger partial charge < -0.3 is 4.98 Å². The summed E-state index contributed by atoms with van der Waals surface area (Å²) in [6.07, 6.45) is 5.32. The van der Waals surface area contributed by atoms with Crippen LogP contribution in [-0.2, 0) is 12.8 Å². The third-order valence-corrected chi connectivity index (χ3v) is 2.51. The minimum atomic E-state index is 1.00. The van der Waals surface area contributed by atoms with Gasteiger partial charge in [0.2, 0.25) is 0 Å². The molecule has 0 aliphatic carbocycles. The van der Waals surface area contributed by atoms with Gasteiger partial charge in [0.15, 0.2) is 0 Å². The molecule has 15 heavy (non-hydrogen) atoms. The number of benzene rings is 1. The van der Waals surface area contributed by atoms with E-state index < -0.39 is 0 Å². The molecule has 1 aromatic heterocycles. The van der Waals surface area contributed by atoms with Crippen LogP contribution in [-0.4, -0.2) is 9.97 Å². The number of nitrogens with zero attached hydrogens (tertiary/aromatic N) is 1. The smallest absolute Gasteiger partial charge is 0.103 e. The zero-order valence-electron chi connectivity index (χ0n) is 9.03. The number of hydrogen-bond donors (Lipinski definition) is 1. The lowest BCUT2D eigenvalue weighted by molar-refractivity contribution is 0.802. The maximum Gasteiger partial charge on any atom is 0.103 e. The van der Waals surface area contributed by atoms with Crippen LogP contribution in [0.25, 0.3) is 0 Å². The lowest BCUT2D eigenvalue weighted by Crippen LogP contribution is -1.90. The van der Waals surface area contributed by atoms with Gasteiger partial charge in [-0.3, -0.25) is 0 Å². The molecule has 2 rings (SSSR count). The van der Waals surface area contributed by atoms with Crippen LogP contribution in [0.15, 0.2) is 36.5 Å². The number of hydrogen-bond acceptors (Lipinski definition) is 1. The molecule has 0 spiro atoms.